The van der Waals surface area contributed by atoms with Gasteiger partial charge in [0.1, 0.15) is 0 Å². The zero-order chi connectivity index (χ0) is 17.8. The van der Waals surface area contributed by atoms with Crippen LogP contribution in [0.2, 0.25) is 0 Å². The quantitative estimate of drug-likeness (QED) is 0.680. The highest BCUT2D eigenvalue weighted by atomic mass is 16.7. The third-order valence-electron chi connectivity index (χ3n) is 4.96. The van der Waals surface area contributed by atoms with E-state index in [0.717, 1.165) is 17.5 Å². The normalized spacial score (nSPS) is 23.8. The molecule has 5 heteroatoms. The summed E-state index contributed by atoms with van der Waals surface area (Å²) in [4.78, 5) is 0. The van der Waals surface area contributed by atoms with Crippen molar-refractivity contribution in [2.45, 2.75) is 37.7 Å². The first-order valence-electron chi connectivity index (χ1n) is 9.08. The molecule has 3 unspecified atom stereocenters. The summed E-state index contributed by atoms with van der Waals surface area (Å²) in [5.41, 5.74) is 2.19. The van der Waals surface area contributed by atoms with Crippen LogP contribution in [0.3, 0.4) is 0 Å². The summed E-state index contributed by atoms with van der Waals surface area (Å²) in [7, 11) is 0. The maximum Gasteiger partial charge on any atom is 0.204 e. The van der Waals surface area contributed by atoms with Crippen molar-refractivity contribution in [3.63, 3.8) is 0 Å². The van der Waals surface area contributed by atoms with Gasteiger partial charge >= 0.3 is 0 Å². The lowest BCUT2D eigenvalue weighted by Crippen LogP contribution is -2.38. The SMILES string of the molecule is CCC1COC(c2ccccc2)(C(Cn2ccnn2)c2ccccc2)O1. The zero-order valence-corrected chi connectivity index (χ0v) is 14.9. The molecule has 0 spiro atoms. The fraction of sp³-hybridized carbons (Fsp3) is 0.333. The van der Waals surface area contributed by atoms with Gasteiger partial charge in [-0.2, -0.15) is 0 Å². The Morgan fingerprint density at radius 1 is 1.12 bits per heavy atom. The number of rotatable bonds is 6. The van der Waals surface area contributed by atoms with Crippen LogP contribution in [0.25, 0.3) is 0 Å². The van der Waals surface area contributed by atoms with Gasteiger partial charge < -0.3 is 9.47 Å². The van der Waals surface area contributed by atoms with Crippen LogP contribution < -0.4 is 0 Å². The fourth-order valence-corrected chi connectivity index (χ4v) is 3.59. The van der Waals surface area contributed by atoms with Crippen LogP contribution in [0.4, 0.5) is 0 Å². The molecule has 1 saturated heterocycles. The van der Waals surface area contributed by atoms with E-state index in [1.165, 1.54) is 0 Å². The van der Waals surface area contributed by atoms with E-state index in [4.69, 9.17) is 9.47 Å². The molecule has 2 aromatic carbocycles. The van der Waals surface area contributed by atoms with Crippen molar-refractivity contribution in [1.82, 2.24) is 15.0 Å². The Kier molecular flexibility index (Phi) is 4.82. The summed E-state index contributed by atoms with van der Waals surface area (Å²) >= 11 is 0. The summed E-state index contributed by atoms with van der Waals surface area (Å²) in [6.07, 6.45) is 4.57. The van der Waals surface area contributed by atoms with Crippen molar-refractivity contribution >= 4 is 0 Å². The standard InChI is InChI=1S/C21H23N3O2/c1-2-19-16-25-21(26-19,18-11-7-4-8-12-18)20(15-24-14-13-22-23-24)17-9-5-3-6-10-17/h3-14,19-20H,2,15-16H2,1H3. The highest BCUT2D eigenvalue weighted by Gasteiger charge is 2.49. The molecule has 1 fully saturated rings. The molecular weight excluding hydrogens is 326 g/mol. The number of hydrogen-bond donors (Lipinski definition) is 0. The first-order chi connectivity index (χ1) is 12.8. The summed E-state index contributed by atoms with van der Waals surface area (Å²) in [5, 5.41) is 8.13. The molecule has 0 amide bonds. The summed E-state index contributed by atoms with van der Waals surface area (Å²) < 4.78 is 14.8. The maximum absolute atomic E-state index is 6.57. The zero-order valence-electron chi connectivity index (χ0n) is 14.9. The smallest absolute Gasteiger partial charge is 0.204 e. The van der Waals surface area contributed by atoms with Crippen molar-refractivity contribution in [1.29, 1.82) is 0 Å². The molecule has 0 radical (unpaired) electrons. The number of aromatic nitrogens is 3. The molecular formula is C21H23N3O2. The van der Waals surface area contributed by atoms with E-state index in [0.29, 0.717) is 13.2 Å². The minimum atomic E-state index is -0.838. The number of benzene rings is 2. The first kappa shape index (κ1) is 16.9. The predicted octanol–water partition coefficient (Wildman–Crippen LogP) is 3.74. The Morgan fingerprint density at radius 3 is 2.46 bits per heavy atom. The van der Waals surface area contributed by atoms with E-state index in [2.05, 4.69) is 53.6 Å². The largest absolute Gasteiger partial charge is 0.343 e. The first-order valence-corrected chi connectivity index (χ1v) is 9.08. The van der Waals surface area contributed by atoms with Crippen LogP contribution in [-0.2, 0) is 21.8 Å². The average molecular weight is 349 g/mol. The van der Waals surface area contributed by atoms with Gasteiger partial charge in [-0.3, -0.25) is 4.68 Å². The highest BCUT2D eigenvalue weighted by molar-refractivity contribution is 5.30. The molecule has 26 heavy (non-hydrogen) atoms. The highest BCUT2D eigenvalue weighted by Crippen LogP contribution is 2.47. The van der Waals surface area contributed by atoms with Gasteiger partial charge in [0, 0.05) is 11.8 Å². The van der Waals surface area contributed by atoms with E-state index >= 15 is 0 Å². The van der Waals surface area contributed by atoms with Gasteiger partial charge in [-0.15, -0.1) is 5.10 Å². The second kappa shape index (κ2) is 7.40. The fourth-order valence-electron chi connectivity index (χ4n) is 3.59. The Hall–Kier alpha value is -2.50. The molecule has 0 bridgehead atoms. The van der Waals surface area contributed by atoms with Gasteiger partial charge in [0.2, 0.25) is 5.79 Å². The van der Waals surface area contributed by atoms with Crippen LogP contribution >= 0.6 is 0 Å². The van der Waals surface area contributed by atoms with Gasteiger partial charge in [0.05, 0.1) is 31.4 Å². The maximum atomic E-state index is 6.57. The average Bonchev–Trinajstić information content (AvgIpc) is 3.38. The lowest BCUT2D eigenvalue weighted by Gasteiger charge is -2.37. The minimum absolute atomic E-state index is 0.0515. The summed E-state index contributed by atoms with van der Waals surface area (Å²) in [6.45, 7) is 3.34. The molecule has 2 heterocycles. The van der Waals surface area contributed by atoms with Crippen molar-refractivity contribution < 1.29 is 9.47 Å². The van der Waals surface area contributed by atoms with Crippen molar-refractivity contribution in [3.8, 4) is 0 Å². The molecule has 1 aliphatic heterocycles. The molecule has 0 aliphatic carbocycles. The third-order valence-corrected chi connectivity index (χ3v) is 4.96. The third kappa shape index (κ3) is 3.16. The molecule has 1 aliphatic rings. The number of ether oxygens (including phenoxy) is 2. The van der Waals surface area contributed by atoms with Crippen molar-refractivity contribution in [3.05, 3.63) is 84.2 Å². The summed E-state index contributed by atoms with van der Waals surface area (Å²) in [5.74, 6) is -0.890. The van der Waals surface area contributed by atoms with Crippen molar-refractivity contribution in [2.24, 2.45) is 0 Å². The number of nitrogens with zero attached hydrogens (tertiary/aromatic N) is 3. The lowest BCUT2D eigenvalue weighted by atomic mass is 9.85. The van der Waals surface area contributed by atoms with Gasteiger partial charge in [0.25, 0.3) is 0 Å². The van der Waals surface area contributed by atoms with Crippen LogP contribution in [0.5, 0.6) is 0 Å². The van der Waals surface area contributed by atoms with E-state index in [9.17, 15) is 0 Å². The van der Waals surface area contributed by atoms with E-state index in [1.807, 2.05) is 35.1 Å². The minimum Gasteiger partial charge on any atom is -0.343 e. The second-order valence-electron chi connectivity index (χ2n) is 6.58. The van der Waals surface area contributed by atoms with E-state index in [1.54, 1.807) is 6.20 Å². The summed E-state index contributed by atoms with van der Waals surface area (Å²) in [6, 6.07) is 20.6. The molecule has 0 N–H and O–H groups in total. The van der Waals surface area contributed by atoms with Crippen LogP contribution in [-0.4, -0.2) is 27.7 Å². The lowest BCUT2D eigenvalue weighted by molar-refractivity contribution is -0.198. The second-order valence-corrected chi connectivity index (χ2v) is 6.58. The van der Waals surface area contributed by atoms with Crippen LogP contribution in [0.1, 0.15) is 30.4 Å². The van der Waals surface area contributed by atoms with E-state index < -0.39 is 5.79 Å². The molecule has 134 valence electrons. The molecule has 3 aromatic rings. The van der Waals surface area contributed by atoms with Crippen molar-refractivity contribution in [2.75, 3.05) is 6.61 Å². The molecule has 5 nitrogen and oxygen atoms in total. The molecule has 0 saturated carbocycles. The van der Waals surface area contributed by atoms with Gasteiger partial charge in [0.15, 0.2) is 0 Å². The molecule has 3 atom stereocenters. The Bertz CT molecular complexity index is 808. The Labute approximate surface area is 153 Å². The van der Waals surface area contributed by atoms with Crippen LogP contribution in [0.15, 0.2) is 73.1 Å². The van der Waals surface area contributed by atoms with E-state index in [-0.39, 0.29) is 12.0 Å². The monoisotopic (exact) mass is 349 g/mol. The molecule has 1 aromatic heterocycles. The number of hydrogen-bond acceptors (Lipinski definition) is 4. The topological polar surface area (TPSA) is 49.2 Å². The predicted molar refractivity (Wildman–Crippen MR) is 98.4 cm³/mol. The van der Waals surface area contributed by atoms with Gasteiger partial charge in [-0.1, -0.05) is 72.8 Å². The Morgan fingerprint density at radius 2 is 1.85 bits per heavy atom. The van der Waals surface area contributed by atoms with Gasteiger partial charge in [-0.05, 0) is 12.0 Å². The van der Waals surface area contributed by atoms with Crippen LogP contribution in [0, 0.1) is 0 Å². The molecule has 4 rings (SSSR count). The van der Waals surface area contributed by atoms with Gasteiger partial charge in [-0.25, -0.2) is 0 Å². The Balaban J connectivity index is 1.81.